The number of carbonyl (C=O) groups is 2. The summed E-state index contributed by atoms with van der Waals surface area (Å²) in [5.41, 5.74) is -5.66. The Morgan fingerprint density at radius 1 is 1.23 bits per heavy atom. The Hall–Kier alpha value is -2.10. The fourth-order valence-electron chi connectivity index (χ4n) is 9.19. The van der Waals surface area contributed by atoms with Crippen LogP contribution in [0.25, 0.3) is 0 Å². The van der Waals surface area contributed by atoms with Crippen molar-refractivity contribution in [2.45, 2.75) is 70.5 Å². The molecule has 0 aromatic heterocycles. The molecule has 5 aliphatic rings. The van der Waals surface area contributed by atoms with Crippen molar-refractivity contribution in [3.8, 4) is 0 Å². The molecule has 1 N–H and O–H groups in total. The number of hydrogen-bond acceptors (Lipinski definition) is 6. The molecule has 0 unspecified atom stereocenters. The van der Waals surface area contributed by atoms with Gasteiger partial charge in [0.15, 0.2) is 17.1 Å². The molecular formula is C30H34F3NO4S. The van der Waals surface area contributed by atoms with Gasteiger partial charge in [0.1, 0.15) is 12.2 Å². The summed E-state index contributed by atoms with van der Waals surface area (Å²) >= 11 is 0.534. The van der Waals surface area contributed by atoms with Crippen molar-refractivity contribution in [2.24, 2.45) is 28.1 Å². The summed E-state index contributed by atoms with van der Waals surface area (Å²) in [5.74, 6) is -1.81. The zero-order chi connectivity index (χ0) is 28.2. The molecule has 0 spiro atoms. The van der Waals surface area contributed by atoms with Crippen LogP contribution in [0, 0.1) is 35.0 Å². The molecule has 1 saturated heterocycles. The number of halogens is 3. The lowest BCUT2D eigenvalue weighted by atomic mass is 9.40. The van der Waals surface area contributed by atoms with Crippen molar-refractivity contribution in [2.75, 3.05) is 17.6 Å². The van der Waals surface area contributed by atoms with E-state index >= 15 is 8.78 Å². The summed E-state index contributed by atoms with van der Waals surface area (Å²) in [7, 11) is 0. The standard InChI is InChI=1S/C30H34F3NO4S/c1-17-7-5-6-8-22(17)34-15-18-13-27(3)23-12-21(32)20-11-19(35)9-10-26(20,2)29(23,33)24(36)14-28(27,4)30(18,38-34)25(37)39-16-31/h5-11,18,21,23-24,36H,12-16H2,1-4H3/t18-,21-,23-,24-,26-,27-,28-,29-,30-/m0/s1. The molecule has 5 nitrogen and oxygen atoms in total. The van der Waals surface area contributed by atoms with Crippen LogP contribution in [-0.2, 0) is 14.4 Å². The summed E-state index contributed by atoms with van der Waals surface area (Å²) < 4.78 is 47.3. The van der Waals surface area contributed by atoms with Gasteiger partial charge in [-0.2, -0.15) is 0 Å². The molecule has 9 atom stereocenters. The molecule has 4 aliphatic carbocycles. The molecule has 0 radical (unpaired) electrons. The van der Waals surface area contributed by atoms with Crippen LogP contribution < -0.4 is 5.06 Å². The number of benzene rings is 1. The molecule has 3 saturated carbocycles. The lowest BCUT2D eigenvalue weighted by molar-refractivity contribution is -0.254. The number of allylic oxidation sites excluding steroid dienone is 4. The number of thioether (sulfide) groups is 1. The summed E-state index contributed by atoms with van der Waals surface area (Å²) in [6, 6.07) is 6.66. The van der Waals surface area contributed by atoms with Crippen LogP contribution in [-0.4, -0.2) is 52.1 Å². The molecule has 6 rings (SSSR count). The molecule has 210 valence electrons. The molecule has 1 aliphatic heterocycles. The van der Waals surface area contributed by atoms with Crippen molar-refractivity contribution in [1.29, 1.82) is 0 Å². The summed E-state index contributed by atoms with van der Waals surface area (Å²) in [6.45, 7) is 7.53. The van der Waals surface area contributed by atoms with Gasteiger partial charge in [-0.3, -0.25) is 19.5 Å². The molecule has 9 heteroatoms. The Morgan fingerprint density at radius 2 is 1.95 bits per heavy atom. The first-order valence-electron chi connectivity index (χ1n) is 13.5. The van der Waals surface area contributed by atoms with E-state index in [4.69, 9.17) is 4.84 Å². The average Bonchev–Trinajstić information content (AvgIpc) is 3.34. The number of carbonyl (C=O) groups excluding carboxylic acids is 2. The number of anilines is 1. The molecule has 1 aromatic carbocycles. The van der Waals surface area contributed by atoms with Gasteiger partial charge in [-0.05, 0) is 67.9 Å². The molecule has 1 aromatic rings. The first-order valence-corrected chi connectivity index (χ1v) is 14.5. The highest BCUT2D eigenvalue weighted by molar-refractivity contribution is 8.13. The maximum absolute atomic E-state index is 17.7. The van der Waals surface area contributed by atoms with Crippen molar-refractivity contribution in [1.82, 2.24) is 0 Å². The van der Waals surface area contributed by atoms with E-state index in [0.717, 1.165) is 11.3 Å². The van der Waals surface area contributed by atoms with E-state index in [1.165, 1.54) is 18.2 Å². The fraction of sp³-hybridized carbons (Fsp3) is 0.600. The number of rotatable bonds is 3. The first kappa shape index (κ1) is 27.1. The van der Waals surface area contributed by atoms with Crippen LogP contribution >= 0.6 is 11.8 Å². The second kappa shape index (κ2) is 8.46. The Kier molecular flexibility index (Phi) is 5.88. The lowest BCUT2D eigenvalue weighted by Crippen LogP contribution is -2.73. The highest BCUT2D eigenvalue weighted by atomic mass is 32.2. The number of aryl methyl sites for hydroxylation is 1. The van der Waals surface area contributed by atoms with E-state index in [-0.39, 0.29) is 18.4 Å². The van der Waals surface area contributed by atoms with Crippen molar-refractivity contribution in [3.05, 3.63) is 53.6 Å². The molecule has 4 fully saturated rings. The number of hydroxylamine groups is 1. The number of alkyl halides is 3. The second-order valence-electron chi connectivity index (χ2n) is 12.6. The molecular weight excluding hydrogens is 527 g/mol. The van der Waals surface area contributed by atoms with Crippen LogP contribution in [0.3, 0.4) is 0 Å². The lowest BCUT2D eigenvalue weighted by Gasteiger charge is -2.67. The van der Waals surface area contributed by atoms with Gasteiger partial charge in [-0.15, -0.1) is 0 Å². The third kappa shape index (κ3) is 3.07. The van der Waals surface area contributed by atoms with Crippen LogP contribution in [0.2, 0.25) is 0 Å². The number of para-hydroxylation sites is 1. The highest BCUT2D eigenvalue weighted by Gasteiger charge is 2.83. The zero-order valence-electron chi connectivity index (χ0n) is 22.5. The Morgan fingerprint density at radius 3 is 2.64 bits per heavy atom. The predicted octanol–water partition coefficient (Wildman–Crippen LogP) is 5.61. The minimum atomic E-state index is -2.28. The van der Waals surface area contributed by atoms with Crippen molar-refractivity contribution < 1.29 is 32.7 Å². The number of aliphatic hydroxyl groups is 1. The summed E-state index contributed by atoms with van der Waals surface area (Å²) in [5, 5.41) is 12.9. The van der Waals surface area contributed by atoms with Crippen LogP contribution in [0.1, 0.15) is 45.6 Å². The molecule has 39 heavy (non-hydrogen) atoms. The van der Waals surface area contributed by atoms with Crippen molar-refractivity contribution in [3.63, 3.8) is 0 Å². The van der Waals surface area contributed by atoms with Gasteiger partial charge >= 0.3 is 0 Å². The smallest absolute Gasteiger partial charge is 0.226 e. The van der Waals surface area contributed by atoms with E-state index in [1.807, 2.05) is 45.0 Å². The Bertz CT molecular complexity index is 1320. The van der Waals surface area contributed by atoms with Crippen LogP contribution in [0.5, 0.6) is 0 Å². The van der Waals surface area contributed by atoms with E-state index in [1.54, 1.807) is 12.0 Å². The van der Waals surface area contributed by atoms with E-state index in [2.05, 4.69) is 0 Å². The van der Waals surface area contributed by atoms with Gasteiger partial charge in [-0.25, -0.2) is 13.2 Å². The maximum atomic E-state index is 17.7. The largest absolute Gasteiger partial charge is 0.390 e. The Labute approximate surface area is 230 Å². The minimum absolute atomic E-state index is 0.0546. The molecule has 0 amide bonds. The van der Waals surface area contributed by atoms with Gasteiger partial charge in [0.05, 0.1) is 18.3 Å². The minimum Gasteiger partial charge on any atom is -0.390 e. The number of hydrogen-bond donors (Lipinski definition) is 1. The van der Waals surface area contributed by atoms with E-state index in [9.17, 15) is 19.1 Å². The van der Waals surface area contributed by atoms with Gasteiger partial charge in [0.2, 0.25) is 5.12 Å². The molecule has 1 heterocycles. The first-order chi connectivity index (χ1) is 18.3. The second-order valence-corrected chi connectivity index (χ2v) is 13.5. The molecule has 0 bridgehead atoms. The maximum Gasteiger partial charge on any atom is 0.226 e. The zero-order valence-corrected chi connectivity index (χ0v) is 23.4. The van der Waals surface area contributed by atoms with Gasteiger partial charge in [0.25, 0.3) is 0 Å². The monoisotopic (exact) mass is 561 g/mol. The fourth-order valence-corrected chi connectivity index (χ4v) is 9.93. The van der Waals surface area contributed by atoms with Gasteiger partial charge in [-0.1, -0.05) is 49.9 Å². The van der Waals surface area contributed by atoms with E-state index in [0.29, 0.717) is 24.7 Å². The predicted molar refractivity (Wildman–Crippen MR) is 143 cm³/mol. The summed E-state index contributed by atoms with van der Waals surface area (Å²) in [4.78, 5) is 32.7. The highest BCUT2D eigenvalue weighted by Crippen LogP contribution is 2.78. The number of ketones is 1. The Balaban J connectivity index is 1.50. The average molecular weight is 562 g/mol. The van der Waals surface area contributed by atoms with Crippen LogP contribution in [0.15, 0.2) is 48.1 Å². The quantitative estimate of drug-likeness (QED) is 0.518. The van der Waals surface area contributed by atoms with E-state index < -0.39 is 68.5 Å². The summed E-state index contributed by atoms with van der Waals surface area (Å²) in [6.07, 6.45) is 0.655. The van der Waals surface area contributed by atoms with Gasteiger partial charge in [0, 0.05) is 22.7 Å². The number of fused-ring (bicyclic) bond motifs is 7. The third-order valence-electron chi connectivity index (χ3n) is 11.3. The van der Waals surface area contributed by atoms with Crippen LogP contribution in [0.4, 0.5) is 18.9 Å². The number of aliphatic hydroxyl groups excluding tert-OH is 1. The SMILES string of the molecule is Cc1ccccc1N1C[C@@H]2C[C@@]3(C)[C@@H]4C[C@H](F)C5=CC(=O)C=C[C@]5(C)[C@@]4(F)[C@@H](O)C[C@]3(C)[C@]2(C(=O)SCF)O1. The normalized spacial score (nSPS) is 46.3. The third-order valence-corrected chi connectivity index (χ3v) is 11.9. The topological polar surface area (TPSA) is 66.8 Å². The van der Waals surface area contributed by atoms with Crippen molar-refractivity contribution >= 4 is 28.3 Å². The van der Waals surface area contributed by atoms with Gasteiger partial charge < -0.3 is 5.11 Å². The number of nitrogens with zero attached hydrogens (tertiary/aromatic N) is 1.